The number of nitrogens with two attached hydrogens (primary N) is 1. The molecule has 1 aromatic rings. The highest BCUT2D eigenvalue weighted by molar-refractivity contribution is 9.10. The summed E-state index contributed by atoms with van der Waals surface area (Å²) in [7, 11) is 3.92. The van der Waals surface area contributed by atoms with Crippen molar-refractivity contribution in [3.05, 3.63) is 34.3 Å². The Morgan fingerprint density at radius 3 is 2.43 bits per heavy atom. The van der Waals surface area contributed by atoms with Crippen LogP contribution in [-0.4, -0.2) is 24.0 Å². The SMILES string of the molecule is CN(C)C(C(N)=S)c1ccccc1Br. The number of likely N-dealkylation sites (N-methyl/N-ethyl adjacent to an activating group) is 1. The average Bonchev–Trinajstić information content (AvgIpc) is 2.07. The molecule has 0 aliphatic carbocycles. The van der Waals surface area contributed by atoms with Crippen LogP contribution < -0.4 is 5.73 Å². The van der Waals surface area contributed by atoms with E-state index in [1.807, 2.05) is 43.3 Å². The van der Waals surface area contributed by atoms with Gasteiger partial charge in [0.1, 0.15) is 0 Å². The smallest absolute Gasteiger partial charge is 0.0948 e. The Balaban J connectivity index is 3.12. The first-order valence-electron chi connectivity index (χ1n) is 4.24. The monoisotopic (exact) mass is 272 g/mol. The molecule has 0 spiro atoms. The lowest BCUT2D eigenvalue weighted by Gasteiger charge is -2.24. The summed E-state index contributed by atoms with van der Waals surface area (Å²) in [5.74, 6) is 0. The van der Waals surface area contributed by atoms with Crippen molar-refractivity contribution in [2.45, 2.75) is 6.04 Å². The summed E-state index contributed by atoms with van der Waals surface area (Å²) in [5, 5.41) is 0. The molecule has 0 fully saturated rings. The van der Waals surface area contributed by atoms with Crippen LogP contribution in [0.4, 0.5) is 0 Å². The van der Waals surface area contributed by atoms with E-state index < -0.39 is 0 Å². The lowest BCUT2D eigenvalue weighted by atomic mass is 10.1. The molecular weight excluding hydrogens is 260 g/mol. The molecule has 4 heteroatoms. The van der Waals surface area contributed by atoms with Crippen LogP contribution in [-0.2, 0) is 0 Å². The number of benzene rings is 1. The molecular formula is C10H13BrN2S. The Morgan fingerprint density at radius 1 is 1.43 bits per heavy atom. The molecule has 2 nitrogen and oxygen atoms in total. The molecule has 0 saturated heterocycles. The topological polar surface area (TPSA) is 29.3 Å². The van der Waals surface area contributed by atoms with E-state index >= 15 is 0 Å². The van der Waals surface area contributed by atoms with E-state index in [0.717, 1.165) is 10.0 Å². The molecule has 76 valence electrons. The second-order valence-electron chi connectivity index (χ2n) is 3.29. The van der Waals surface area contributed by atoms with Crippen molar-refractivity contribution in [3.63, 3.8) is 0 Å². The van der Waals surface area contributed by atoms with Crippen LogP contribution in [0.1, 0.15) is 11.6 Å². The molecule has 0 aliphatic rings. The molecule has 0 heterocycles. The molecule has 0 bridgehead atoms. The van der Waals surface area contributed by atoms with Crippen molar-refractivity contribution in [1.29, 1.82) is 0 Å². The first kappa shape index (κ1) is 11.6. The predicted molar refractivity (Wildman–Crippen MR) is 67.4 cm³/mol. The minimum Gasteiger partial charge on any atom is -0.392 e. The summed E-state index contributed by atoms with van der Waals surface area (Å²) in [6.07, 6.45) is 0. The summed E-state index contributed by atoms with van der Waals surface area (Å²) in [6, 6.07) is 7.95. The summed E-state index contributed by atoms with van der Waals surface area (Å²) in [6.45, 7) is 0. The molecule has 0 amide bonds. The van der Waals surface area contributed by atoms with Gasteiger partial charge < -0.3 is 5.73 Å². The minimum atomic E-state index is -0.0134. The van der Waals surface area contributed by atoms with Crippen molar-refractivity contribution in [2.24, 2.45) is 5.73 Å². The van der Waals surface area contributed by atoms with E-state index in [2.05, 4.69) is 15.9 Å². The normalized spacial score (nSPS) is 12.9. The maximum absolute atomic E-state index is 5.71. The zero-order valence-corrected chi connectivity index (χ0v) is 10.6. The maximum atomic E-state index is 5.71. The van der Waals surface area contributed by atoms with Gasteiger partial charge in [0.05, 0.1) is 11.0 Å². The summed E-state index contributed by atoms with van der Waals surface area (Å²) in [5.41, 5.74) is 6.81. The molecule has 1 atom stereocenters. The third kappa shape index (κ3) is 2.53. The zero-order valence-electron chi connectivity index (χ0n) is 8.20. The summed E-state index contributed by atoms with van der Waals surface area (Å²) in [4.78, 5) is 2.49. The van der Waals surface area contributed by atoms with E-state index in [-0.39, 0.29) is 6.04 Å². The number of rotatable bonds is 3. The van der Waals surface area contributed by atoms with Crippen LogP contribution in [0, 0.1) is 0 Å². The average molecular weight is 273 g/mol. The van der Waals surface area contributed by atoms with Gasteiger partial charge in [-0.1, -0.05) is 46.3 Å². The van der Waals surface area contributed by atoms with E-state index in [4.69, 9.17) is 18.0 Å². The second-order valence-corrected chi connectivity index (χ2v) is 4.62. The summed E-state index contributed by atoms with van der Waals surface area (Å²) < 4.78 is 1.03. The highest BCUT2D eigenvalue weighted by Gasteiger charge is 2.18. The molecule has 14 heavy (non-hydrogen) atoms. The molecule has 1 unspecified atom stereocenters. The van der Waals surface area contributed by atoms with Crippen LogP contribution in [0.3, 0.4) is 0 Å². The first-order valence-corrected chi connectivity index (χ1v) is 5.44. The molecule has 0 aromatic heterocycles. The number of nitrogens with zero attached hydrogens (tertiary/aromatic N) is 1. The van der Waals surface area contributed by atoms with E-state index in [1.54, 1.807) is 0 Å². The fourth-order valence-electron chi connectivity index (χ4n) is 1.38. The highest BCUT2D eigenvalue weighted by atomic mass is 79.9. The molecule has 1 rings (SSSR count). The van der Waals surface area contributed by atoms with Crippen LogP contribution in [0.25, 0.3) is 0 Å². The standard InChI is InChI=1S/C10H13BrN2S/c1-13(2)9(10(12)14)7-5-3-4-6-8(7)11/h3-6,9H,1-2H3,(H2,12,14). The Kier molecular flexibility index (Phi) is 4.04. The minimum absolute atomic E-state index is 0.0134. The molecule has 1 aromatic carbocycles. The number of hydrogen-bond donors (Lipinski definition) is 1. The van der Waals surface area contributed by atoms with E-state index in [0.29, 0.717) is 4.99 Å². The predicted octanol–water partition coefficient (Wildman–Crippen LogP) is 2.34. The van der Waals surface area contributed by atoms with Crippen LogP contribution in [0.15, 0.2) is 28.7 Å². The molecule has 0 radical (unpaired) electrons. The zero-order chi connectivity index (χ0) is 10.7. The Bertz CT molecular complexity index is 339. The fourth-order valence-corrected chi connectivity index (χ4v) is 2.22. The third-order valence-electron chi connectivity index (χ3n) is 1.99. The van der Waals surface area contributed by atoms with Crippen LogP contribution in [0.2, 0.25) is 0 Å². The summed E-state index contributed by atoms with van der Waals surface area (Å²) >= 11 is 8.54. The lowest BCUT2D eigenvalue weighted by molar-refractivity contribution is 0.370. The second kappa shape index (κ2) is 4.87. The fraction of sp³-hybridized carbons (Fsp3) is 0.300. The van der Waals surface area contributed by atoms with Crippen molar-refractivity contribution in [1.82, 2.24) is 4.90 Å². The van der Waals surface area contributed by atoms with Gasteiger partial charge >= 0.3 is 0 Å². The quantitative estimate of drug-likeness (QED) is 0.857. The van der Waals surface area contributed by atoms with Gasteiger partial charge in [0.15, 0.2) is 0 Å². The Labute approximate surface area is 98.2 Å². The van der Waals surface area contributed by atoms with Gasteiger partial charge in [0.2, 0.25) is 0 Å². The van der Waals surface area contributed by atoms with Gasteiger partial charge in [-0.05, 0) is 25.7 Å². The van der Waals surface area contributed by atoms with Gasteiger partial charge in [0.25, 0.3) is 0 Å². The van der Waals surface area contributed by atoms with Crippen molar-refractivity contribution < 1.29 is 0 Å². The van der Waals surface area contributed by atoms with Gasteiger partial charge in [0, 0.05) is 4.47 Å². The Hall–Kier alpha value is -0.450. The van der Waals surface area contributed by atoms with Crippen LogP contribution >= 0.6 is 28.1 Å². The third-order valence-corrected chi connectivity index (χ3v) is 2.93. The largest absolute Gasteiger partial charge is 0.392 e. The number of halogens is 1. The van der Waals surface area contributed by atoms with Crippen molar-refractivity contribution in [2.75, 3.05) is 14.1 Å². The number of hydrogen-bond acceptors (Lipinski definition) is 2. The van der Waals surface area contributed by atoms with Crippen molar-refractivity contribution >= 4 is 33.1 Å². The highest BCUT2D eigenvalue weighted by Crippen LogP contribution is 2.26. The molecule has 0 saturated carbocycles. The molecule has 0 aliphatic heterocycles. The first-order chi connectivity index (χ1) is 6.54. The van der Waals surface area contributed by atoms with Gasteiger partial charge in [-0.2, -0.15) is 0 Å². The molecule has 2 N–H and O–H groups in total. The maximum Gasteiger partial charge on any atom is 0.0948 e. The van der Waals surface area contributed by atoms with Gasteiger partial charge in [-0.3, -0.25) is 4.90 Å². The Morgan fingerprint density at radius 2 is 2.00 bits per heavy atom. The van der Waals surface area contributed by atoms with E-state index in [1.165, 1.54) is 0 Å². The van der Waals surface area contributed by atoms with Crippen molar-refractivity contribution in [3.8, 4) is 0 Å². The number of thiocarbonyl (C=S) groups is 1. The lowest BCUT2D eigenvalue weighted by Crippen LogP contribution is -2.31. The van der Waals surface area contributed by atoms with E-state index in [9.17, 15) is 0 Å². The van der Waals surface area contributed by atoms with Gasteiger partial charge in [-0.25, -0.2) is 0 Å². The van der Waals surface area contributed by atoms with Gasteiger partial charge in [-0.15, -0.1) is 0 Å². The van der Waals surface area contributed by atoms with Crippen LogP contribution in [0.5, 0.6) is 0 Å².